The molecule has 0 bridgehead atoms. The largest absolute Gasteiger partial charge is 0.381 e. The van der Waals surface area contributed by atoms with Crippen LogP contribution in [0.2, 0.25) is 0 Å². The lowest BCUT2D eigenvalue weighted by atomic mass is 10.1. The molecule has 0 saturated carbocycles. The topological polar surface area (TPSA) is 9.23 Å². The molecule has 11 heavy (non-hydrogen) atoms. The molecule has 62 valence electrons. The summed E-state index contributed by atoms with van der Waals surface area (Å²) in [6, 6.07) is 0. The molecule has 0 fully saturated rings. The van der Waals surface area contributed by atoms with E-state index in [0.717, 1.165) is 19.6 Å². The number of ether oxygens (including phenoxy) is 1. The third-order valence-electron chi connectivity index (χ3n) is 1.81. The van der Waals surface area contributed by atoms with E-state index in [1.165, 1.54) is 18.4 Å². The predicted octanol–water partition coefficient (Wildman–Crippen LogP) is 2.69. The van der Waals surface area contributed by atoms with E-state index in [0.29, 0.717) is 0 Å². The molecule has 0 spiro atoms. The zero-order valence-electron chi connectivity index (χ0n) is 7.18. The molecule has 1 rings (SSSR count). The van der Waals surface area contributed by atoms with Gasteiger partial charge in [0.15, 0.2) is 0 Å². The molecule has 1 heteroatoms. The number of allylic oxidation sites excluding steroid dienone is 3. The van der Waals surface area contributed by atoms with Gasteiger partial charge in [0.2, 0.25) is 0 Å². The average Bonchev–Trinajstić information content (AvgIpc) is 2.07. The highest BCUT2D eigenvalue weighted by molar-refractivity contribution is 5.21. The van der Waals surface area contributed by atoms with Crippen LogP contribution in [-0.2, 0) is 4.74 Å². The smallest absolute Gasteiger partial charge is 0.0506 e. The van der Waals surface area contributed by atoms with Gasteiger partial charge in [-0.25, -0.2) is 0 Å². The number of hydrogen-bond acceptors (Lipinski definition) is 1. The summed E-state index contributed by atoms with van der Waals surface area (Å²) in [5, 5.41) is 0. The first-order valence-corrected chi connectivity index (χ1v) is 4.37. The Balaban J connectivity index is 2.15. The minimum Gasteiger partial charge on any atom is -0.381 e. The number of rotatable bonds is 4. The molecule has 1 nitrogen and oxygen atoms in total. The summed E-state index contributed by atoms with van der Waals surface area (Å²) in [7, 11) is 0. The van der Waals surface area contributed by atoms with Gasteiger partial charge in [0.05, 0.1) is 6.61 Å². The summed E-state index contributed by atoms with van der Waals surface area (Å²) in [5.74, 6) is 0. The summed E-state index contributed by atoms with van der Waals surface area (Å²) in [6.45, 7) is 3.73. The summed E-state index contributed by atoms with van der Waals surface area (Å²) in [4.78, 5) is 0. The van der Waals surface area contributed by atoms with Crippen molar-refractivity contribution in [3.63, 3.8) is 0 Å². The normalized spacial score (nSPS) is 16.6. The fourth-order valence-electron chi connectivity index (χ4n) is 1.19. The van der Waals surface area contributed by atoms with Crippen LogP contribution in [0, 0.1) is 0 Å². The maximum atomic E-state index is 5.26. The lowest BCUT2D eigenvalue weighted by molar-refractivity contribution is 0.151. The molecule has 0 radical (unpaired) electrons. The Kier molecular flexibility index (Phi) is 3.99. The summed E-state index contributed by atoms with van der Waals surface area (Å²) in [6.07, 6.45) is 10.2. The van der Waals surface area contributed by atoms with Crippen LogP contribution in [0.15, 0.2) is 23.8 Å². The fourth-order valence-corrected chi connectivity index (χ4v) is 1.19. The van der Waals surface area contributed by atoms with Gasteiger partial charge in [0.1, 0.15) is 0 Å². The second kappa shape index (κ2) is 5.14. The van der Waals surface area contributed by atoms with Crippen molar-refractivity contribution in [2.24, 2.45) is 0 Å². The van der Waals surface area contributed by atoms with Gasteiger partial charge in [0, 0.05) is 6.61 Å². The van der Waals surface area contributed by atoms with Crippen molar-refractivity contribution >= 4 is 0 Å². The molecule has 0 aliphatic heterocycles. The van der Waals surface area contributed by atoms with E-state index in [2.05, 4.69) is 18.2 Å². The SMILES string of the molecule is CCOCCC1=CCCC=C1. The van der Waals surface area contributed by atoms with Gasteiger partial charge in [-0.3, -0.25) is 0 Å². The fraction of sp³-hybridized carbons (Fsp3) is 0.600. The second-order valence-corrected chi connectivity index (χ2v) is 2.71. The molecule has 1 aliphatic carbocycles. The lowest BCUT2D eigenvalue weighted by Gasteiger charge is -2.05. The van der Waals surface area contributed by atoms with Crippen LogP contribution < -0.4 is 0 Å². The Morgan fingerprint density at radius 1 is 1.45 bits per heavy atom. The van der Waals surface area contributed by atoms with Crippen LogP contribution in [-0.4, -0.2) is 13.2 Å². The predicted molar refractivity (Wildman–Crippen MR) is 47.6 cm³/mol. The highest BCUT2D eigenvalue weighted by Gasteiger charge is 1.95. The minimum absolute atomic E-state index is 0.830. The lowest BCUT2D eigenvalue weighted by Crippen LogP contribution is -1.95. The average molecular weight is 152 g/mol. The molecule has 0 unspecified atom stereocenters. The Morgan fingerprint density at radius 2 is 2.36 bits per heavy atom. The maximum Gasteiger partial charge on any atom is 0.0506 e. The molecule has 0 heterocycles. The van der Waals surface area contributed by atoms with Crippen LogP contribution >= 0.6 is 0 Å². The molecule has 0 aromatic heterocycles. The molecule has 0 aromatic carbocycles. The van der Waals surface area contributed by atoms with E-state index in [1.54, 1.807) is 0 Å². The van der Waals surface area contributed by atoms with Crippen molar-refractivity contribution < 1.29 is 4.74 Å². The van der Waals surface area contributed by atoms with Crippen LogP contribution in [0.1, 0.15) is 26.2 Å². The third kappa shape index (κ3) is 3.38. The van der Waals surface area contributed by atoms with E-state index in [1.807, 2.05) is 6.92 Å². The first-order valence-electron chi connectivity index (χ1n) is 4.37. The zero-order chi connectivity index (χ0) is 7.94. The van der Waals surface area contributed by atoms with Gasteiger partial charge in [-0.05, 0) is 26.2 Å². The third-order valence-corrected chi connectivity index (χ3v) is 1.81. The second-order valence-electron chi connectivity index (χ2n) is 2.71. The molecule has 0 amide bonds. The Bertz CT molecular complexity index is 156. The van der Waals surface area contributed by atoms with Crippen molar-refractivity contribution in [1.29, 1.82) is 0 Å². The zero-order valence-corrected chi connectivity index (χ0v) is 7.18. The first kappa shape index (κ1) is 8.54. The Labute approximate surface area is 68.8 Å². The Hall–Kier alpha value is -0.560. The van der Waals surface area contributed by atoms with Gasteiger partial charge in [-0.1, -0.05) is 23.8 Å². The quantitative estimate of drug-likeness (QED) is 0.563. The van der Waals surface area contributed by atoms with E-state index < -0.39 is 0 Å². The summed E-state index contributed by atoms with van der Waals surface area (Å²) >= 11 is 0. The van der Waals surface area contributed by atoms with Crippen LogP contribution in [0.5, 0.6) is 0 Å². The molecular formula is C10H16O. The Morgan fingerprint density at radius 3 is 3.00 bits per heavy atom. The van der Waals surface area contributed by atoms with Crippen molar-refractivity contribution in [1.82, 2.24) is 0 Å². The highest BCUT2D eigenvalue weighted by atomic mass is 16.5. The standard InChI is InChI=1S/C10H16O/c1-2-11-9-8-10-6-4-3-5-7-10/h4,6-7H,2-3,5,8-9H2,1H3. The number of hydrogen-bond donors (Lipinski definition) is 0. The summed E-state index contributed by atoms with van der Waals surface area (Å²) < 4.78 is 5.26. The van der Waals surface area contributed by atoms with Crippen molar-refractivity contribution in [2.75, 3.05) is 13.2 Å². The maximum absolute atomic E-state index is 5.26. The molecule has 0 saturated heterocycles. The van der Waals surface area contributed by atoms with Gasteiger partial charge in [-0.15, -0.1) is 0 Å². The van der Waals surface area contributed by atoms with Gasteiger partial charge >= 0.3 is 0 Å². The van der Waals surface area contributed by atoms with E-state index in [-0.39, 0.29) is 0 Å². The molecule has 0 atom stereocenters. The van der Waals surface area contributed by atoms with Crippen LogP contribution in [0.4, 0.5) is 0 Å². The van der Waals surface area contributed by atoms with E-state index in [4.69, 9.17) is 4.74 Å². The highest BCUT2D eigenvalue weighted by Crippen LogP contribution is 2.12. The van der Waals surface area contributed by atoms with E-state index in [9.17, 15) is 0 Å². The first-order chi connectivity index (χ1) is 5.43. The molecular weight excluding hydrogens is 136 g/mol. The minimum atomic E-state index is 0.830. The van der Waals surface area contributed by atoms with Gasteiger partial charge in [-0.2, -0.15) is 0 Å². The van der Waals surface area contributed by atoms with Crippen molar-refractivity contribution in [3.8, 4) is 0 Å². The van der Waals surface area contributed by atoms with Crippen LogP contribution in [0.25, 0.3) is 0 Å². The van der Waals surface area contributed by atoms with Crippen molar-refractivity contribution in [2.45, 2.75) is 26.2 Å². The van der Waals surface area contributed by atoms with E-state index >= 15 is 0 Å². The van der Waals surface area contributed by atoms with Crippen molar-refractivity contribution in [3.05, 3.63) is 23.8 Å². The van der Waals surface area contributed by atoms with Gasteiger partial charge < -0.3 is 4.74 Å². The molecule has 0 N–H and O–H groups in total. The van der Waals surface area contributed by atoms with Crippen LogP contribution in [0.3, 0.4) is 0 Å². The molecule has 0 aromatic rings. The van der Waals surface area contributed by atoms with Gasteiger partial charge in [0.25, 0.3) is 0 Å². The molecule has 1 aliphatic rings. The monoisotopic (exact) mass is 152 g/mol. The summed E-state index contributed by atoms with van der Waals surface area (Å²) in [5.41, 5.74) is 1.43.